The molecule has 0 bridgehead atoms. The number of nitrogens with zero attached hydrogens (tertiary/aromatic N) is 1. The molecule has 0 aliphatic carbocycles. The van der Waals surface area contributed by atoms with E-state index in [1.165, 1.54) is 23.5 Å². The molecule has 2 aromatic carbocycles. The second kappa shape index (κ2) is 9.19. The maximum absolute atomic E-state index is 13.0. The lowest BCUT2D eigenvalue weighted by atomic mass is 10.1. The summed E-state index contributed by atoms with van der Waals surface area (Å²) in [5.74, 6) is -0.0823. The number of hydrogen-bond acceptors (Lipinski definition) is 5. The van der Waals surface area contributed by atoms with Crippen molar-refractivity contribution in [3.63, 3.8) is 0 Å². The third kappa shape index (κ3) is 4.76. The molecule has 0 aromatic heterocycles. The third-order valence-corrected chi connectivity index (χ3v) is 7.74. The van der Waals surface area contributed by atoms with Gasteiger partial charge in [-0.15, -0.1) is 11.8 Å². The van der Waals surface area contributed by atoms with Crippen molar-refractivity contribution in [2.24, 2.45) is 0 Å². The number of carbonyl (C=O) groups excluding carboxylic acids is 1. The van der Waals surface area contributed by atoms with E-state index in [9.17, 15) is 13.2 Å². The summed E-state index contributed by atoms with van der Waals surface area (Å²) in [5.41, 5.74) is 1.27. The maximum Gasteiger partial charge on any atom is 0.251 e. The van der Waals surface area contributed by atoms with E-state index in [4.69, 9.17) is 4.74 Å². The quantitative estimate of drug-likeness (QED) is 0.673. The van der Waals surface area contributed by atoms with Crippen molar-refractivity contribution < 1.29 is 17.9 Å². The van der Waals surface area contributed by atoms with E-state index in [2.05, 4.69) is 5.32 Å². The first kappa shape index (κ1) is 21.7. The van der Waals surface area contributed by atoms with Crippen molar-refractivity contribution in [3.05, 3.63) is 53.6 Å². The Morgan fingerprint density at radius 3 is 2.38 bits per heavy atom. The lowest BCUT2D eigenvalue weighted by Crippen LogP contribution is -2.29. The highest BCUT2D eigenvalue weighted by Gasteiger charge is 2.30. The number of ether oxygens (including phenoxy) is 1. The average molecular weight is 435 g/mol. The molecule has 1 fully saturated rings. The molecule has 0 unspecified atom stereocenters. The van der Waals surface area contributed by atoms with Gasteiger partial charge in [-0.25, -0.2) is 8.42 Å². The zero-order valence-electron chi connectivity index (χ0n) is 16.8. The number of rotatable bonds is 7. The van der Waals surface area contributed by atoms with Gasteiger partial charge in [0, 0.05) is 23.5 Å². The van der Waals surface area contributed by atoms with E-state index >= 15 is 0 Å². The van der Waals surface area contributed by atoms with Gasteiger partial charge in [0.2, 0.25) is 10.0 Å². The summed E-state index contributed by atoms with van der Waals surface area (Å²) in [4.78, 5) is 14.0. The monoisotopic (exact) mass is 434 g/mol. The molecule has 1 aliphatic rings. The maximum atomic E-state index is 13.0. The van der Waals surface area contributed by atoms with E-state index in [1.54, 1.807) is 17.8 Å². The van der Waals surface area contributed by atoms with Crippen molar-refractivity contribution in [1.29, 1.82) is 0 Å². The van der Waals surface area contributed by atoms with Gasteiger partial charge in [0.05, 0.1) is 13.2 Å². The van der Waals surface area contributed by atoms with Crippen molar-refractivity contribution in [1.82, 2.24) is 9.62 Å². The van der Waals surface area contributed by atoms with Crippen molar-refractivity contribution in [3.8, 4) is 5.75 Å². The van der Waals surface area contributed by atoms with Crippen LogP contribution < -0.4 is 10.1 Å². The summed E-state index contributed by atoms with van der Waals surface area (Å²) < 4.78 is 32.7. The second-order valence-corrected chi connectivity index (χ2v) is 9.73. The molecule has 6 nitrogen and oxygen atoms in total. The lowest BCUT2D eigenvalue weighted by molar-refractivity contribution is 0.0939. The summed E-state index contributed by atoms with van der Waals surface area (Å²) in [6.07, 6.45) is 3.70. The largest absolute Gasteiger partial charge is 0.495 e. The van der Waals surface area contributed by atoms with Gasteiger partial charge in [0.1, 0.15) is 10.6 Å². The minimum Gasteiger partial charge on any atom is -0.495 e. The fraction of sp³-hybridized carbons (Fsp3) is 0.381. The number of thioether (sulfide) groups is 1. The number of nitrogens with one attached hydrogen (secondary N) is 1. The van der Waals surface area contributed by atoms with Crippen LogP contribution in [0.4, 0.5) is 0 Å². The van der Waals surface area contributed by atoms with Gasteiger partial charge in [-0.1, -0.05) is 12.1 Å². The number of sulfonamides is 1. The average Bonchev–Trinajstić information content (AvgIpc) is 3.29. The van der Waals surface area contributed by atoms with Crippen molar-refractivity contribution >= 4 is 27.7 Å². The van der Waals surface area contributed by atoms with Gasteiger partial charge >= 0.3 is 0 Å². The number of benzene rings is 2. The van der Waals surface area contributed by atoms with Crippen LogP contribution in [0.2, 0.25) is 0 Å². The molecule has 3 rings (SSSR count). The number of hydrogen-bond donors (Lipinski definition) is 1. The zero-order chi connectivity index (χ0) is 21.0. The standard InChI is InChI=1S/C21H26N2O4S2/c1-15(16-6-9-18(28-3)10-7-16)22-21(24)17-8-11-19(27-2)20(14-17)29(25,26)23-12-4-5-13-23/h6-11,14-15H,4-5,12-13H2,1-3H3,(H,22,24)/t15-/m0/s1. The lowest BCUT2D eigenvalue weighted by Gasteiger charge is -2.19. The minimum absolute atomic E-state index is 0.0338. The Bertz CT molecular complexity index is 969. The SMILES string of the molecule is COc1ccc(C(=O)N[C@@H](C)c2ccc(SC)cc2)cc1S(=O)(=O)N1CCCC1. The molecule has 1 N–H and O–H groups in total. The van der Waals surface area contributed by atoms with Crippen LogP contribution in [0.5, 0.6) is 5.75 Å². The van der Waals surface area contributed by atoms with Crippen LogP contribution in [0.25, 0.3) is 0 Å². The summed E-state index contributed by atoms with van der Waals surface area (Å²) >= 11 is 1.66. The Balaban J connectivity index is 1.83. The molecule has 2 aromatic rings. The van der Waals surface area contributed by atoms with E-state index in [0.717, 1.165) is 23.3 Å². The topological polar surface area (TPSA) is 75.7 Å². The molecule has 0 saturated carbocycles. The fourth-order valence-electron chi connectivity index (χ4n) is 3.34. The summed E-state index contributed by atoms with van der Waals surface area (Å²) in [6.45, 7) is 2.88. The first-order valence-corrected chi connectivity index (χ1v) is 12.2. The second-order valence-electron chi connectivity index (χ2n) is 6.95. The Hall–Kier alpha value is -2.03. The van der Waals surface area contributed by atoms with Gasteiger partial charge < -0.3 is 10.1 Å². The molecule has 1 heterocycles. The van der Waals surface area contributed by atoms with Gasteiger partial charge in [-0.3, -0.25) is 4.79 Å². The highest BCUT2D eigenvalue weighted by Crippen LogP contribution is 2.30. The smallest absolute Gasteiger partial charge is 0.251 e. The molecule has 1 saturated heterocycles. The predicted molar refractivity (Wildman–Crippen MR) is 115 cm³/mol. The Labute approximate surface area is 176 Å². The van der Waals surface area contributed by atoms with Crippen LogP contribution in [0.1, 0.15) is 41.7 Å². The molecular weight excluding hydrogens is 408 g/mol. The minimum atomic E-state index is -3.70. The van der Waals surface area contributed by atoms with Gasteiger partial charge in [0.25, 0.3) is 5.91 Å². The molecule has 0 radical (unpaired) electrons. The molecule has 1 aliphatic heterocycles. The van der Waals surface area contributed by atoms with E-state index in [-0.39, 0.29) is 28.2 Å². The molecule has 1 amide bonds. The normalized spacial score (nSPS) is 15.8. The third-order valence-electron chi connectivity index (χ3n) is 5.07. The van der Waals surface area contributed by atoms with E-state index in [1.807, 2.05) is 37.4 Å². The highest BCUT2D eigenvalue weighted by molar-refractivity contribution is 7.98. The summed E-state index contributed by atoms with van der Waals surface area (Å²) in [6, 6.07) is 12.3. The molecule has 1 atom stereocenters. The van der Waals surface area contributed by atoms with Gasteiger partial charge in [-0.2, -0.15) is 4.31 Å². The van der Waals surface area contributed by atoms with Crippen LogP contribution in [-0.2, 0) is 10.0 Å². The Kier molecular flexibility index (Phi) is 6.87. The highest BCUT2D eigenvalue weighted by atomic mass is 32.2. The van der Waals surface area contributed by atoms with Crippen LogP contribution in [0.3, 0.4) is 0 Å². The Morgan fingerprint density at radius 1 is 1.14 bits per heavy atom. The van der Waals surface area contributed by atoms with Crippen LogP contribution in [-0.4, -0.2) is 45.1 Å². The number of amides is 1. The Morgan fingerprint density at radius 2 is 1.79 bits per heavy atom. The summed E-state index contributed by atoms with van der Waals surface area (Å²) in [7, 11) is -2.27. The molecule has 8 heteroatoms. The summed E-state index contributed by atoms with van der Waals surface area (Å²) in [5, 5.41) is 2.94. The molecule has 0 spiro atoms. The fourth-order valence-corrected chi connectivity index (χ4v) is 5.45. The molecule has 29 heavy (non-hydrogen) atoms. The number of carbonyl (C=O) groups is 1. The van der Waals surface area contributed by atoms with Crippen LogP contribution >= 0.6 is 11.8 Å². The van der Waals surface area contributed by atoms with E-state index < -0.39 is 10.0 Å². The van der Waals surface area contributed by atoms with Gasteiger partial charge in [-0.05, 0) is 61.9 Å². The van der Waals surface area contributed by atoms with Gasteiger partial charge in [0.15, 0.2) is 0 Å². The molecular formula is C21H26N2O4S2. The van der Waals surface area contributed by atoms with Crippen molar-refractivity contribution in [2.75, 3.05) is 26.5 Å². The van der Waals surface area contributed by atoms with Crippen molar-refractivity contribution in [2.45, 2.75) is 35.6 Å². The predicted octanol–water partition coefficient (Wildman–Crippen LogP) is 3.69. The zero-order valence-corrected chi connectivity index (χ0v) is 18.5. The van der Waals surface area contributed by atoms with Crippen LogP contribution in [0, 0.1) is 0 Å². The first-order valence-electron chi connectivity index (χ1n) is 9.50. The first-order chi connectivity index (χ1) is 13.9. The molecule has 156 valence electrons. The van der Waals surface area contributed by atoms with E-state index in [0.29, 0.717) is 13.1 Å². The van der Waals surface area contributed by atoms with Crippen LogP contribution in [0.15, 0.2) is 52.3 Å². The number of methoxy groups -OCH3 is 1.